The van der Waals surface area contributed by atoms with E-state index in [0.717, 1.165) is 30.1 Å². The van der Waals surface area contributed by atoms with Crippen LogP contribution in [0.2, 0.25) is 0 Å². The van der Waals surface area contributed by atoms with Gasteiger partial charge < -0.3 is 25.6 Å². The molecule has 0 aliphatic carbocycles. The summed E-state index contributed by atoms with van der Waals surface area (Å²) >= 11 is 0. The normalized spacial score (nSPS) is 14.0. The number of urea groups is 1. The Morgan fingerprint density at radius 1 is 1.04 bits per heavy atom. The molecule has 2 aromatic carbocycles. The Hall–Kier alpha value is -3.22. The van der Waals surface area contributed by atoms with Crippen LogP contribution in [0.25, 0.3) is 0 Å². The molecule has 27 heavy (non-hydrogen) atoms. The molecule has 0 unspecified atom stereocenters. The first-order valence-electron chi connectivity index (χ1n) is 8.88. The number of primary amides is 1. The van der Waals surface area contributed by atoms with Gasteiger partial charge in [0.15, 0.2) is 0 Å². The summed E-state index contributed by atoms with van der Waals surface area (Å²) in [6, 6.07) is 14.6. The van der Waals surface area contributed by atoms with E-state index in [1.165, 1.54) is 0 Å². The largest absolute Gasteiger partial charge is 0.495 e. The Labute approximate surface area is 158 Å². The Morgan fingerprint density at radius 2 is 1.70 bits per heavy atom. The molecule has 0 bridgehead atoms. The summed E-state index contributed by atoms with van der Waals surface area (Å²) in [5.41, 5.74) is 7.66. The molecule has 7 nitrogen and oxygen atoms in total. The maximum Gasteiger partial charge on any atom is 0.312 e. The van der Waals surface area contributed by atoms with Crippen LogP contribution in [0.3, 0.4) is 0 Å². The van der Waals surface area contributed by atoms with Gasteiger partial charge in [-0.05, 0) is 29.8 Å². The van der Waals surface area contributed by atoms with Crippen LogP contribution in [0.4, 0.5) is 10.5 Å². The van der Waals surface area contributed by atoms with E-state index < -0.39 is 6.03 Å². The first-order chi connectivity index (χ1) is 13.1. The van der Waals surface area contributed by atoms with Gasteiger partial charge in [0.05, 0.1) is 12.8 Å². The highest BCUT2D eigenvalue weighted by molar-refractivity contribution is 5.94. The molecule has 3 amide bonds. The van der Waals surface area contributed by atoms with Crippen LogP contribution >= 0.6 is 0 Å². The molecule has 0 spiro atoms. The SMILES string of the molecule is COc1ccccc1N1CCN(C(=O)c2ccc(CNC(N)=O)cc2)CC1. The van der Waals surface area contributed by atoms with E-state index in [1.54, 1.807) is 19.2 Å². The molecule has 1 aliphatic rings. The van der Waals surface area contributed by atoms with Crippen molar-refractivity contribution < 1.29 is 14.3 Å². The number of nitrogens with zero attached hydrogens (tertiary/aromatic N) is 2. The molecule has 0 aromatic heterocycles. The van der Waals surface area contributed by atoms with Crippen LogP contribution in [0.15, 0.2) is 48.5 Å². The predicted molar refractivity (Wildman–Crippen MR) is 104 cm³/mol. The third-order valence-corrected chi connectivity index (χ3v) is 4.66. The first-order valence-corrected chi connectivity index (χ1v) is 8.88. The summed E-state index contributed by atoms with van der Waals surface area (Å²) in [6.07, 6.45) is 0. The standard InChI is InChI=1S/C20H24N4O3/c1-27-18-5-3-2-4-17(18)23-10-12-24(13-11-23)19(25)16-8-6-15(7-9-16)14-22-20(21)26/h2-9H,10-14H2,1H3,(H3,21,22,26). The van der Waals surface area contributed by atoms with Crippen molar-refractivity contribution in [1.82, 2.24) is 10.2 Å². The van der Waals surface area contributed by atoms with Gasteiger partial charge in [-0.3, -0.25) is 4.79 Å². The highest BCUT2D eigenvalue weighted by atomic mass is 16.5. The van der Waals surface area contributed by atoms with E-state index in [4.69, 9.17) is 10.5 Å². The number of carbonyl (C=O) groups excluding carboxylic acids is 2. The van der Waals surface area contributed by atoms with Crippen LogP contribution < -0.4 is 20.7 Å². The van der Waals surface area contributed by atoms with Gasteiger partial charge in [-0.1, -0.05) is 24.3 Å². The predicted octanol–water partition coefficient (Wildman–Crippen LogP) is 1.83. The number of hydrogen-bond donors (Lipinski definition) is 2. The minimum absolute atomic E-state index is 0.0177. The third-order valence-electron chi connectivity index (χ3n) is 4.66. The average molecular weight is 368 g/mol. The van der Waals surface area contributed by atoms with E-state index in [0.29, 0.717) is 25.2 Å². The molecule has 7 heteroatoms. The number of amides is 3. The smallest absolute Gasteiger partial charge is 0.312 e. The van der Waals surface area contributed by atoms with Gasteiger partial charge in [-0.25, -0.2) is 4.79 Å². The lowest BCUT2D eigenvalue weighted by atomic mass is 10.1. The molecule has 1 heterocycles. The van der Waals surface area contributed by atoms with E-state index >= 15 is 0 Å². The van der Waals surface area contributed by atoms with Crippen molar-refractivity contribution in [3.05, 3.63) is 59.7 Å². The van der Waals surface area contributed by atoms with Crippen molar-refractivity contribution in [1.29, 1.82) is 0 Å². The molecular formula is C20H24N4O3. The number of nitrogens with two attached hydrogens (primary N) is 1. The summed E-state index contributed by atoms with van der Waals surface area (Å²) in [7, 11) is 1.67. The minimum Gasteiger partial charge on any atom is -0.495 e. The lowest BCUT2D eigenvalue weighted by molar-refractivity contribution is 0.0746. The van der Waals surface area contributed by atoms with Crippen molar-refractivity contribution in [2.45, 2.75) is 6.54 Å². The van der Waals surface area contributed by atoms with E-state index in [2.05, 4.69) is 10.2 Å². The summed E-state index contributed by atoms with van der Waals surface area (Å²) in [5.74, 6) is 0.863. The molecule has 3 rings (SSSR count). The second-order valence-corrected chi connectivity index (χ2v) is 6.37. The fourth-order valence-corrected chi connectivity index (χ4v) is 3.18. The number of piperazine rings is 1. The number of ether oxygens (including phenoxy) is 1. The van der Waals surface area contributed by atoms with Gasteiger partial charge in [0, 0.05) is 38.3 Å². The zero-order chi connectivity index (χ0) is 19.2. The zero-order valence-electron chi connectivity index (χ0n) is 15.4. The lowest BCUT2D eigenvalue weighted by Gasteiger charge is -2.36. The van der Waals surface area contributed by atoms with Gasteiger partial charge in [0.2, 0.25) is 0 Å². The number of benzene rings is 2. The monoisotopic (exact) mass is 368 g/mol. The highest BCUT2D eigenvalue weighted by Crippen LogP contribution is 2.28. The summed E-state index contributed by atoms with van der Waals surface area (Å²) in [5, 5.41) is 2.53. The number of hydrogen-bond acceptors (Lipinski definition) is 4. The molecular weight excluding hydrogens is 344 g/mol. The number of nitrogens with one attached hydrogen (secondary N) is 1. The van der Waals surface area contributed by atoms with E-state index in [-0.39, 0.29) is 5.91 Å². The van der Waals surface area contributed by atoms with Crippen molar-refractivity contribution in [3.8, 4) is 5.75 Å². The Bertz CT molecular complexity index is 799. The topological polar surface area (TPSA) is 87.9 Å². The number of methoxy groups -OCH3 is 1. The van der Waals surface area contributed by atoms with Gasteiger partial charge in [-0.2, -0.15) is 0 Å². The van der Waals surface area contributed by atoms with Crippen LogP contribution in [-0.4, -0.2) is 50.1 Å². The van der Waals surface area contributed by atoms with Crippen molar-refractivity contribution in [2.75, 3.05) is 38.2 Å². The molecule has 1 aliphatic heterocycles. The Kier molecular flexibility index (Phi) is 5.80. The van der Waals surface area contributed by atoms with Crippen LogP contribution in [0, 0.1) is 0 Å². The van der Waals surface area contributed by atoms with Crippen molar-refractivity contribution in [2.24, 2.45) is 5.73 Å². The highest BCUT2D eigenvalue weighted by Gasteiger charge is 2.23. The Morgan fingerprint density at radius 3 is 2.33 bits per heavy atom. The molecule has 0 atom stereocenters. The van der Waals surface area contributed by atoms with Gasteiger partial charge in [-0.15, -0.1) is 0 Å². The quantitative estimate of drug-likeness (QED) is 0.843. The fourth-order valence-electron chi connectivity index (χ4n) is 3.18. The van der Waals surface area contributed by atoms with Crippen LogP contribution in [0.1, 0.15) is 15.9 Å². The first kappa shape index (κ1) is 18.6. The number of para-hydroxylation sites is 2. The van der Waals surface area contributed by atoms with Gasteiger partial charge in [0.1, 0.15) is 5.75 Å². The second kappa shape index (κ2) is 8.44. The Balaban J connectivity index is 1.59. The van der Waals surface area contributed by atoms with Crippen LogP contribution in [0.5, 0.6) is 5.75 Å². The molecule has 1 saturated heterocycles. The van der Waals surface area contributed by atoms with Crippen molar-refractivity contribution >= 4 is 17.6 Å². The van der Waals surface area contributed by atoms with E-state index in [1.807, 2.05) is 41.3 Å². The lowest BCUT2D eigenvalue weighted by Crippen LogP contribution is -2.48. The summed E-state index contributed by atoms with van der Waals surface area (Å²) in [6.45, 7) is 3.17. The maximum absolute atomic E-state index is 12.7. The van der Waals surface area contributed by atoms with Gasteiger partial charge in [0.25, 0.3) is 5.91 Å². The zero-order valence-corrected chi connectivity index (χ0v) is 15.4. The average Bonchev–Trinajstić information content (AvgIpc) is 2.72. The number of carbonyl (C=O) groups is 2. The summed E-state index contributed by atoms with van der Waals surface area (Å²) in [4.78, 5) is 27.6. The minimum atomic E-state index is -0.567. The number of anilines is 1. The van der Waals surface area contributed by atoms with Crippen molar-refractivity contribution in [3.63, 3.8) is 0 Å². The summed E-state index contributed by atoms with van der Waals surface area (Å²) < 4.78 is 5.43. The third kappa shape index (κ3) is 4.49. The second-order valence-electron chi connectivity index (χ2n) is 6.37. The van der Waals surface area contributed by atoms with E-state index in [9.17, 15) is 9.59 Å². The number of rotatable bonds is 5. The fraction of sp³-hybridized carbons (Fsp3) is 0.300. The van der Waals surface area contributed by atoms with Gasteiger partial charge >= 0.3 is 6.03 Å². The molecule has 0 saturated carbocycles. The molecule has 142 valence electrons. The molecule has 1 fully saturated rings. The maximum atomic E-state index is 12.7. The van der Waals surface area contributed by atoms with Crippen LogP contribution in [-0.2, 0) is 6.54 Å². The molecule has 3 N–H and O–H groups in total. The molecule has 0 radical (unpaired) electrons. The molecule has 2 aromatic rings.